The van der Waals surface area contributed by atoms with Gasteiger partial charge in [-0.25, -0.2) is 0 Å². The Morgan fingerprint density at radius 1 is 1.29 bits per heavy atom. The number of halogens is 3. The number of alkyl halides is 3. The van der Waals surface area contributed by atoms with Gasteiger partial charge in [-0.1, -0.05) is 0 Å². The highest BCUT2D eigenvalue weighted by Gasteiger charge is 2.48. The smallest absolute Gasteiger partial charge is 0.383 e. The first-order valence-electron chi connectivity index (χ1n) is 5.89. The van der Waals surface area contributed by atoms with Crippen molar-refractivity contribution in [2.24, 2.45) is 5.92 Å². The van der Waals surface area contributed by atoms with Crippen molar-refractivity contribution in [3.05, 3.63) is 0 Å². The Bertz CT molecular complexity index is 258. The molecule has 2 nitrogen and oxygen atoms in total. The maximum Gasteiger partial charge on any atom is 0.414 e. The summed E-state index contributed by atoms with van der Waals surface area (Å²) in [5, 5.41) is 9.34. The SMILES string of the molecule is O[C@H](C1CCOC2(CCSCC2)C1)C(F)(F)F. The topological polar surface area (TPSA) is 29.5 Å². The minimum Gasteiger partial charge on any atom is -0.383 e. The Morgan fingerprint density at radius 2 is 1.94 bits per heavy atom. The van der Waals surface area contributed by atoms with Crippen LogP contribution in [-0.4, -0.2) is 41.1 Å². The summed E-state index contributed by atoms with van der Waals surface area (Å²) in [5.74, 6) is 1.18. The van der Waals surface area contributed by atoms with Crippen molar-refractivity contribution in [3.8, 4) is 0 Å². The number of aliphatic hydroxyl groups is 1. The monoisotopic (exact) mass is 270 g/mol. The van der Waals surface area contributed by atoms with E-state index in [-0.39, 0.29) is 0 Å². The van der Waals surface area contributed by atoms with Crippen molar-refractivity contribution >= 4 is 11.8 Å². The van der Waals surface area contributed by atoms with Crippen molar-refractivity contribution in [3.63, 3.8) is 0 Å². The van der Waals surface area contributed by atoms with Crippen LogP contribution in [0.15, 0.2) is 0 Å². The van der Waals surface area contributed by atoms with Gasteiger partial charge in [0.1, 0.15) is 0 Å². The molecule has 2 rings (SSSR count). The summed E-state index contributed by atoms with van der Waals surface area (Å²) in [6.45, 7) is 0.336. The molecule has 17 heavy (non-hydrogen) atoms. The van der Waals surface area contributed by atoms with Crippen molar-refractivity contribution in [2.75, 3.05) is 18.1 Å². The lowest BCUT2D eigenvalue weighted by atomic mass is 9.79. The molecular formula is C11H17F3O2S. The summed E-state index contributed by atoms with van der Waals surface area (Å²) in [4.78, 5) is 0. The molecule has 2 atom stereocenters. The van der Waals surface area contributed by atoms with Gasteiger partial charge >= 0.3 is 6.18 Å². The molecule has 2 aliphatic rings. The molecule has 2 fully saturated rings. The van der Waals surface area contributed by atoms with Crippen molar-refractivity contribution in [1.29, 1.82) is 0 Å². The second-order valence-corrected chi connectivity index (χ2v) is 6.11. The Balaban J connectivity index is 2.01. The number of rotatable bonds is 1. The van der Waals surface area contributed by atoms with Gasteiger partial charge in [-0.05, 0) is 43.1 Å². The summed E-state index contributed by atoms with van der Waals surface area (Å²) in [6.07, 6.45) is -4.45. The molecule has 0 aliphatic carbocycles. The van der Waals surface area contributed by atoms with E-state index in [2.05, 4.69) is 0 Å². The molecule has 0 saturated carbocycles. The maximum atomic E-state index is 12.5. The van der Waals surface area contributed by atoms with E-state index in [9.17, 15) is 18.3 Å². The molecule has 0 aromatic heterocycles. The second-order valence-electron chi connectivity index (χ2n) is 4.88. The Labute approximate surface area is 103 Å². The molecule has 2 saturated heterocycles. The van der Waals surface area contributed by atoms with Gasteiger partial charge in [-0.15, -0.1) is 0 Å². The normalized spacial score (nSPS) is 31.4. The molecule has 100 valence electrons. The van der Waals surface area contributed by atoms with Crippen LogP contribution in [0.4, 0.5) is 13.2 Å². The van der Waals surface area contributed by atoms with Crippen LogP contribution >= 0.6 is 11.8 Å². The van der Waals surface area contributed by atoms with Gasteiger partial charge in [0, 0.05) is 6.61 Å². The van der Waals surface area contributed by atoms with Gasteiger partial charge in [0.05, 0.1) is 5.60 Å². The van der Waals surface area contributed by atoms with Crippen molar-refractivity contribution in [2.45, 2.75) is 43.6 Å². The highest BCUT2D eigenvalue weighted by Crippen LogP contribution is 2.42. The lowest BCUT2D eigenvalue weighted by Gasteiger charge is -2.44. The molecule has 0 bridgehead atoms. The molecule has 1 spiro atoms. The number of hydrogen-bond acceptors (Lipinski definition) is 3. The third-order valence-electron chi connectivity index (χ3n) is 3.72. The van der Waals surface area contributed by atoms with E-state index in [4.69, 9.17) is 4.74 Å². The summed E-state index contributed by atoms with van der Waals surface area (Å²) < 4.78 is 43.2. The van der Waals surface area contributed by atoms with Gasteiger partial charge in [0.15, 0.2) is 6.10 Å². The summed E-state index contributed by atoms with van der Waals surface area (Å²) >= 11 is 1.81. The van der Waals surface area contributed by atoms with E-state index >= 15 is 0 Å². The summed E-state index contributed by atoms with van der Waals surface area (Å²) in [5.41, 5.74) is -0.402. The zero-order valence-corrected chi connectivity index (χ0v) is 10.3. The molecule has 0 aromatic carbocycles. The lowest BCUT2D eigenvalue weighted by molar-refractivity contribution is -0.236. The number of ether oxygens (including phenoxy) is 1. The molecule has 2 heterocycles. The van der Waals surface area contributed by atoms with E-state index in [0.29, 0.717) is 19.4 Å². The lowest BCUT2D eigenvalue weighted by Crippen LogP contribution is -2.48. The first-order valence-corrected chi connectivity index (χ1v) is 7.05. The summed E-state index contributed by atoms with van der Waals surface area (Å²) in [7, 11) is 0. The van der Waals surface area contributed by atoms with Gasteiger partial charge in [0.2, 0.25) is 0 Å². The molecule has 0 radical (unpaired) electrons. The van der Waals surface area contributed by atoms with Crippen LogP contribution in [0.3, 0.4) is 0 Å². The van der Waals surface area contributed by atoms with Gasteiger partial charge in [0.25, 0.3) is 0 Å². The van der Waals surface area contributed by atoms with Crippen LogP contribution in [0.2, 0.25) is 0 Å². The predicted octanol–water partition coefficient (Wildman–Crippen LogP) is 2.60. The predicted molar refractivity (Wildman–Crippen MR) is 60.0 cm³/mol. The third-order valence-corrected chi connectivity index (χ3v) is 4.70. The molecule has 2 aliphatic heterocycles. The fourth-order valence-corrected chi connectivity index (χ4v) is 3.93. The van der Waals surface area contributed by atoms with Crippen LogP contribution in [0.1, 0.15) is 25.7 Å². The zero-order chi connectivity index (χ0) is 12.5. The highest BCUT2D eigenvalue weighted by atomic mass is 32.2. The highest BCUT2D eigenvalue weighted by molar-refractivity contribution is 7.99. The van der Waals surface area contributed by atoms with Gasteiger partial charge < -0.3 is 9.84 Å². The van der Waals surface area contributed by atoms with Gasteiger partial charge in [-0.3, -0.25) is 0 Å². The Morgan fingerprint density at radius 3 is 2.53 bits per heavy atom. The van der Waals surface area contributed by atoms with E-state index in [1.54, 1.807) is 0 Å². The number of aliphatic hydroxyl groups excluding tert-OH is 1. The summed E-state index contributed by atoms with van der Waals surface area (Å²) in [6, 6.07) is 0. The van der Waals surface area contributed by atoms with Crippen LogP contribution < -0.4 is 0 Å². The second kappa shape index (κ2) is 4.97. The average molecular weight is 270 g/mol. The number of thioether (sulfide) groups is 1. The standard InChI is InChI=1S/C11H17F3O2S/c12-11(13,14)9(15)8-1-4-16-10(7-8)2-5-17-6-3-10/h8-9,15H,1-7H2/t8?,9-/m1/s1. The van der Waals surface area contributed by atoms with Crippen LogP contribution in [0.5, 0.6) is 0 Å². The largest absolute Gasteiger partial charge is 0.414 e. The van der Waals surface area contributed by atoms with E-state index in [1.807, 2.05) is 11.8 Å². The fourth-order valence-electron chi connectivity index (χ4n) is 2.69. The molecule has 1 unspecified atom stereocenters. The first-order chi connectivity index (χ1) is 7.93. The van der Waals surface area contributed by atoms with E-state index in [0.717, 1.165) is 24.3 Å². The van der Waals surface area contributed by atoms with Crippen molar-refractivity contribution < 1.29 is 23.0 Å². The van der Waals surface area contributed by atoms with E-state index in [1.165, 1.54) is 0 Å². The fraction of sp³-hybridized carbons (Fsp3) is 1.00. The quantitative estimate of drug-likeness (QED) is 0.794. The Hall–Kier alpha value is 0.0600. The zero-order valence-electron chi connectivity index (χ0n) is 9.50. The minimum atomic E-state index is -4.51. The molecule has 6 heteroatoms. The maximum absolute atomic E-state index is 12.5. The first kappa shape index (κ1) is 13.5. The Kier molecular flexibility index (Phi) is 3.95. The molecule has 0 aromatic rings. The molecule has 1 N–H and O–H groups in total. The van der Waals surface area contributed by atoms with Crippen LogP contribution in [-0.2, 0) is 4.74 Å². The average Bonchev–Trinajstić information content (AvgIpc) is 2.28. The third kappa shape index (κ3) is 3.09. The van der Waals surface area contributed by atoms with E-state index < -0.39 is 23.8 Å². The van der Waals surface area contributed by atoms with Crippen LogP contribution in [0, 0.1) is 5.92 Å². The molecular weight excluding hydrogens is 253 g/mol. The van der Waals surface area contributed by atoms with Gasteiger partial charge in [-0.2, -0.15) is 24.9 Å². The number of hydrogen-bond donors (Lipinski definition) is 1. The molecule has 0 amide bonds. The van der Waals surface area contributed by atoms with Crippen molar-refractivity contribution in [1.82, 2.24) is 0 Å². The van der Waals surface area contributed by atoms with Crippen LogP contribution in [0.25, 0.3) is 0 Å². The minimum absolute atomic E-state index is 0.301.